The Hall–Kier alpha value is -2.81. The van der Waals surface area contributed by atoms with Crippen molar-refractivity contribution < 1.29 is 22.3 Å². The van der Waals surface area contributed by atoms with E-state index >= 15 is 0 Å². The van der Waals surface area contributed by atoms with Crippen LogP contribution in [0.15, 0.2) is 41.9 Å². The van der Waals surface area contributed by atoms with Crippen LogP contribution >= 0.6 is 0 Å². The Morgan fingerprint density at radius 3 is 2.73 bits per heavy atom. The molecule has 1 unspecified atom stereocenters. The van der Waals surface area contributed by atoms with Crippen LogP contribution < -0.4 is 10.1 Å². The van der Waals surface area contributed by atoms with E-state index in [2.05, 4.69) is 15.3 Å². The summed E-state index contributed by atoms with van der Waals surface area (Å²) < 4.78 is 41.8. The van der Waals surface area contributed by atoms with Crippen LogP contribution in [0, 0.1) is 5.82 Å². The summed E-state index contributed by atoms with van der Waals surface area (Å²) in [7, 11) is -3.30. The van der Waals surface area contributed by atoms with Gasteiger partial charge in [0.1, 0.15) is 23.0 Å². The molecule has 1 aliphatic rings. The minimum absolute atomic E-state index is 0.0364. The van der Waals surface area contributed by atoms with Gasteiger partial charge in [-0.2, -0.15) is 4.98 Å². The molecule has 0 radical (unpaired) electrons. The lowest BCUT2D eigenvalue weighted by molar-refractivity contribution is 0.0943. The predicted octanol–water partition coefficient (Wildman–Crippen LogP) is 3.74. The van der Waals surface area contributed by atoms with Gasteiger partial charge in [0.05, 0.1) is 0 Å². The van der Waals surface area contributed by atoms with Gasteiger partial charge in [0, 0.05) is 35.9 Å². The van der Waals surface area contributed by atoms with Crippen LogP contribution in [0.25, 0.3) is 0 Å². The molecule has 3 rings (SSSR count). The monoisotopic (exact) mass is 433 g/mol. The first-order chi connectivity index (χ1) is 14.2. The number of hydrogen-bond donors (Lipinski definition) is 1. The number of halogens is 1. The zero-order chi connectivity index (χ0) is 21.7. The molecule has 1 aromatic heterocycles. The van der Waals surface area contributed by atoms with E-state index in [9.17, 15) is 17.6 Å². The highest BCUT2D eigenvalue weighted by Crippen LogP contribution is 2.34. The SMILES string of the molecule is CC(C=CS(C)(=O)=O)NC(=O)c1cnc(C2CCCC2)nc1Oc1cccc(F)c1. The van der Waals surface area contributed by atoms with Gasteiger partial charge in [-0.3, -0.25) is 4.79 Å². The van der Waals surface area contributed by atoms with Crippen LogP contribution in [0.4, 0.5) is 4.39 Å². The summed E-state index contributed by atoms with van der Waals surface area (Å²) in [5.74, 6) is 0.0571. The van der Waals surface area contributed by atoms with Crippen molar-refractivity contribution >= 4 is 15.7 Å². The van der Waals surface area contributed by atoms with Gasteiger partial charge in [0.2, 0.25) is 5.88 Å². The first kappa shape index (κ1) is 21.9. The first-order valence-electron chi connectivity index (χ1n) is 9.71. The van der Waals surface area contributed by atoms with E-state index in [0.29, 0.717) is 5.82 Å². The number of sulfone groups is 1. The third-order valence-electron chi connectivity index (χ3n) is 4.72. The van der Waals surface area contributed by atoms with Crippen molar-refractivity contribution in [3.8, 4) is 11.6 Å². The van der Waals surface area contributed by atoms with Crippen molar-refractivity contribution in [2.24, 2.45) is 0 Å². The molecule has 9 heteroatoms. The zero-order valence-electron chi connectivity index (χ0n) is 16.8. The largest absolute Gasteiger partial charge is 0.438 e. The summed E-state index contributed by atoms with van der Waals surface area (Å²) >= 11 is 0. The number of rotatable bonds is 7. The maximum atomic E-state index is 13.6. The van der Waals surface area contributed by atoms with Gasteiger partial charge in [-0.15, -0.1) is 0 Å². The van der Waals surface area contributed by atoms with E-state index in [-0.39, 0.29) is 23.1 Å². The topological polar surface area (TPSA) is 98.2 Å². The molecule has 2 aromatic rings. The molecule has 30 heavy (non-hydrogen) atoms. The standard InChI is InChI=1S/C21H24FN3O4S/c1-14(10-11-30(2,27)28)24-20(26)18-13-23-19(15-6-3-4-7-15)25-21(18)29-17-9-5-8-16(22)12-17/h5,8-15H,3-4,6-7H2,1-2H3,(H,24,26). The molecule has 0 spiro atoms. The minimum Gasteiger partial charge on any atom is -0.438 e. The summed E-state index contributed by atoms with van der Waals surface area (Å²) in [5.41, 5.74) is 0.0839. The van der Waals surface area contributed by atoms with Crippen LogP contribution in [0.5, 0.6) is 11.6 Å². The highest BCUT2D eigenvalue weighted by molar-refractivity contribution is 7.93. The fourth-order valence-corrected chi connectivity index (χ4v) is 3.75. The van der Waals surface area contributed by atoms with E-state index in [4.69, 9.17) is 4.74 Å². The highest BCUT2D eigenvalue weighted by Gasteiger charge is 2.24. The summed E-state index contributed by atoms with van der Waals surface area (Å²) in [6.45, 7) is 1.64. The van der Waals surface area contributed by atoms with Gasteiger partial charge in [0.15, 0.2) is 9.84 Å². The van der Waals surface area contributed by atoms with Crippen LogP contribution in [0.3, 0.4) is 0 Å². The van der Waals surface area contributed by atoms with Crippen molar-refractivity contribution in [2.45, 2.75) is 44.6 Å². The second-order valence-corrected chi connectivity index (χ2v) is 9.34. The fourth-order valence-electron chi connectivity index (χ4n) is 3.23. The van der Waals surface area contributed by atoms with Crippen molar-refractivity contribution in [3.63, 3.8) is 0 Å². The number of nitrogens with one attached hydrogen (secondary N) is 1. The van der Waals surface area contributed by atoms with E-state index in [1.165, 1.54) is 30.5 Å². The number of aromatic nitrogens is 2. The summed E-state index contributed by atoms with van der Waals surface area (Å²) in [5, 5.41) is 3.70. The van der Waals surface area contributed by atoms with Crippen molar-refractivity contribution in [1.29, 1.82) is 0 Å². The lowest BCUT2D eigenvalue weighted by atomic mass is 10.1. The lowest BCUT2D eigenvalue weighted by Gasteiger charge is -2.15. The highest BCUT2D eigenvalue weighted by atomic mass is 32.2. The third-order valence-corrected chi connectivity index (χ3v) is 5.37. The maximum Gasteiger partial charge on any atom is 0.258 e. The molecule has 1 heterocycles. The average Bonchev–Trinajstić information content (AvgIpc) is 3.20. The van der Waals surface area contributed by atoms with Gasteiger partial charge in [0.25, 0.3) is 5.91 Å². The number of ether oxygens (including phenoxy) is 1. The molecule has 0 saturated heterocycles. The normalized spacial score (nSPS) is 16.0. The molecule has 1 N–H and O–H groups in total. The van der Waals surface area contributed by atoms with Crippen molar-refractivity contribution in [3.05, 3.63) is 59.2 Å². The second-order valence-electron chi connectivity index (χ2n) is 7.41. The molecular formula is C21H24FN3O4S. The quantitative estimate of drug-likeness (QED) is 0.714. The maximum absolute atomic E-state index is 13.6. The molecule has 0 bridgehead atoms. The van der Waals surface area contributed by atoms with E-state index in [1.807, 2.05) is 0 Å². The van der Waals surface area contributed by atoms with Gasteiger partial charge in [-0.25, -0.2) is 17.8 Å². The van der Waals surface area contributed by atoms with Crippen LogP contribution in [0.2, 0.25) is 0 Å². The summed E-state index contributed by atoms with van der Waals surface area (Å²) in [4.78, 5) is 21.6. The Labute approximate surface area is 175 Å². The zero-order valence-corrected chi connectivity index (χ0v) is 17.7. The molecule has 1 fully saturated rings. The number of carbonyl (C=O) groups is 1. The third kappa shape index (κ3) is 6.09. The van der Waals surface area contributed by atoms with Crippen LogP contribution in [0.1, 0.15) is 54.7 Å². The van der Waals surface area contributed by atoms with Gasteiger partial charge >= 0.3 is 0 Å². The molecule has 160 valence electrons. The van der Waals surface area contributed by atoms with E-state index in [0.717, 1.165) is 37.3 Å². The molecule has 1 saturated carbocycles. The first-order valence-corrected chi connectivity index (χ1v) is 11.7. The summed E-state index contributed by atoms with van der Waals surface area (Å²) in [6.07, 6.45) is 7.97. The molecule has 1 amide bonds. The number of carbonyl (C=O) groups excluding carboxylic acids is 1. The van der Waals surface area contributed by atoms with E-state index in [1.54, 1.807) is 13.0 Å². The summed E-state index contributed by atoms with van der Waals surface area (Å²) in [6, 6.07) is 5.02. The Balaban J connectivity index is 1.87. The number of benzene rings is 1. The van der Waals surface area contributed by atoms with Gasteiger partial charge < -0.3 is 10.1 Å². The average molecular weight is 434 g/mol. The molecule has 0 aliphatic heterocycles. The fraction of sp³-hybridized carbons (Fsp3) is 0.381. The Kier molecular flexibility index (Phi) is 6.81. The van der Waals surface area contributed by atoms with Crippen LogP contribution in [-0.2, 0) is 9.84 Å². The molecule has 1 aliphatic carbocycles. The molecular weight excluding hydrogens is 409 g/mol. The number of amides is 1. The van der Waals surface area contributed by atoms with Crippen molar-refractivity contribution in [1.82, 2.24) is 15.3 Å². The van der Waals surface area contributed by atoms with E-state index < -0.39 is 27.6 Å². The van der Waals surface area contributed by atoms with Gasteiger partial charge in [-0.1, -0.05) is 25.0 Å². The lowest BCUT2D eigenvalue weighted by Crippen LogP contribution is -2.31. The predicted molar refractivity (Wildman–Crippen MR) is 111 cm³/mol. The molecule has 7 nitrogen and oxygen atoms in total. The second kappa shape index (κ2) is 9.34. The Bertz CT molecular complexity index is 1050. The smallest absolute Gasteiger partial charge is 0.258 e. The molecule has 1 atom stereocenters. The van der Waals surface area contributed by atoms with Crippen molar-refractivity contribution in [2.75, 3.05) is 6.26 Å². The number of nitrogens with zero attached hydrogens (tertiary/aromatic N) is 2. The Morgan fingerprint density at radius 1 is 1.33 bits per heavy atom. The van der Waals surface area contributed by atoms with Crippen LogP contribution in [-0.4, -0.2) is 36.6 Å². The Morgan fingerprint density at radius 2 is 2.07 bits per heavy atom. The minimum atomic E-state index is -3.30. The molecule has 1 aromatic carbocycles. The number of hydrogen-bond acceptors (Lipinski definition) is 6. The van der Waals surface area contributed by atoms with Gasteiger partial charge in [-0.05, 0) is 31.9 Å².